The Kier molecular flexibility index (Phi) is 9.01. The fourth-order valence-corrected chi connectivity index (χ4v) is 2.90. The monoisotopic (exact) mass is 384 g/mol. The highest BCUT2D eigenvalue weighted by Crippen LogP contribution is 2.08. The van der Waals surface area contributed by atoms with Crippen LogP contribution >= 0.6 is 0 Å². The van der Waals surface area contributed by atoms with E-state index >= 15 is 0 Å². The molecule has 6 nitrogen and oxygen atoms in total. The smallest absolute Gasteiger partial charge is 0.408 e. The molecule has 0 aromatic heterocycles. The largest absolute Gasteiger partial charge is 0.445 e. The second-order valence-corrected chi connectivity index (χ2v) is 6.50. The SMILES string of the molecule is CCCN(CCO)C(=O)C(Cc1ccccc1)NC(=O)OCc1ccccc1. The van der Waals surface area contributed by atoms with Crippen LogP contribution in [0.4, 0.5) is 4.79 Å². The van der Waals surface area contributed by atoms with Gasteiger partial charge in [0.25, 0.3) is 0 Å². The summed E-state index contributed by atoms with van der Waals surface area (Å²) in [6, 6.07) is 18.1. The first kappa shape index (κ1) is 21.4. The van der Waals surface area contributed by atoms with Crippen molar-refractivity contribution in [2.24, 2.45) is 0 Å². The number of alkyl carbamates (subject to hydrolysis) is 1. The number of hydrogen-bond acceptors (Lipinski definition) is 4. The minimum absolute atomic E-state index is 0.123. The van der Waals surface area contributed by atoms with Gasteiger partial charge in [-0.3, -0.25) is 4.79 Å². The summed E-state index contributed by atoms with van der Waals surface area (Å²) in [6.45, 7) is 2.73. The Labute approximate surface area is 166 Å². The zero-order valence-electron chi connectivity index (χ0n) is 16.2. The molecule has 1 atom stereocenters. The Hall–Kier alpha value is -2.86. The van der Waals surface area contributed by atoms with Crippen molar-refractivity contribution >= 4 is 12.0 Å². The summed E-state index contributed by atoms with van der Waals surface area (Å²) >= 11 is 0. The van der Waals surface area contributed by atoms with E-state index in [2.05, 4.69) is 5.32 Å². The summed E-state index contributed by atoms with van der Waals surface area (Å²) in [5.41, 5.74) is 1.81. The molecule has 2 amide bonds. The van der Waals surface area contributed by atoms with Crippen LogP contribution < -0.4 is 5.32 Å². The molecule has 0 radical (unpaired) electrons. The van der Waals surface area contributed by atoms with Crippen molar-refractivity contribution < 1.29 is 19.4 Å². The van der Waals surface area contributed by atoms with Crippen molar-refractivity contribution in [3.63, 3.8) is 0 Å². The van der Waals surface area contributed by atoms with Gasteiger partial charge in [-0.15, -0.1) is 0 Å². The fourth-order valence-electron chi connectivity index (χ4n) is 2.90. The van der Waals surface area contributed by atoms with E-state index in [-0.39, 0.29) is 25.7 Å². The molecule has 0 aliphatic carbocycles. The number of nitrogens with zero attached hydrogens (tertiary/aromatic N) is 1. The maximum Gasteiger partial charge on any atom is 0.408 e. The van der Waals surface area contributed by atoms with Crippen LogP contribution in [-0.4, -0.2) is 47.7 Å². The number of aliphatic hydroxyl groups is 1. The van der Waals surface area contributed by atoms with E-state index in [9.17, 15) is 14.7 Å². The predicted octanol–water partition coefficient (Wildman–Crippen LogP) is 2.76. The topological polar surface area (TPSA) is 78.9 Å². The molecule has 0 saturated carbocycles. The first-order valence-electron chi connectivity index (χ1n) is 9.54. The molecule has 0 saturated heterocycles. The summed E-state index contributed by atoms with van der Waals surface area (Å²) in [5, 5.41) is 12.0. The van der Waals surface area contributed by atoms with Gasteiger partial charge in [-0.25, -0.2) is 4.79 Å². The number of aliphatic hydroxyl groups excluding tert-OH is 1. The molecule has 2 aromatic carbocycles. The second-order valence-electron chi connectivity index (χ2n) is 6.50. The minimum atomic E-state index is -0.760. The number of ether oxygens (including phenoxy) is 1. The van der Waals surface area contributed by atoms with Gasteiger partial charge in [0, 0.05) is 19.5 Å². The quantitative estimate of drug-likeness (QED) is 0.660. The highest BCUT2D eigenvalue weighted by atomic mass is 16.5. The van der Waals surface area contributed by atoms with Crippen LogP contribution in [0, 0.1) is 0 Å². The number of nitrogens with one attached hydrogen (secondary N) is 1. The third kappa shape index (κ3) is 7.04. The number of carbonyl (C=O) groups is 2. The number of hydrogen-bond donors (Lipinski definition) is 2. The highest BCUT2D eigenvalue weighted by Gasteiger charge is 2.26. The summed E-state index contributed by atoms with van der Waals surface area (Å²) in [6.07, 6.45) is 0.479. The maximum absolute atomic E-state index is 13.0. The molecule has 0 aliphatic rings. The number of carbonyl (C=O) groups excluding carboxylic acids is 2. The number of rotatable bonds is 10. The lowest BCUT2D eigenvalue weighted by atomic mass is 10.0. The Morgan fingerprint density at radius 3 is 2.18 bits per heavy atom. The summed E-state index contributed by atoms with van der Waals surface area (Å²) in [5.74, 6) is -0.226. The van der Waals surface area contributed by atoms with Crippen LogP contribution in [-0.2, 0) is 22.6 Å². The minimum Gasteiger partial charge on any atom is -0.445 e. The molecular weight excluding hydrogens is 356 g/mol. The molecular formula is C22H28N2O4. The van der Waals surface area contributed by atoms with Crippen LogP contribution in [0.25, 0.3) is 0 Å². The number of benzene rings is 2. The average Bonchev–Trinajstić information content (AvgIpc) is 2.72. The zero-order chi connectivity index (χ0) is 20.2. The highest BCUT2D eigenvalue weighted by molar-refractivity contribution is 5.86. The van der Waals surface area contributed by atoms with Gasteiger partial charge in [0.15, 0.2) is 0 Å². The van der Waals surface area contributed by atoms with Crippen molar-refractivity contribution in [3.8, 4) is 0 Å². The van der Waals surface area contributed by atoms with Crippen molar-refractivity contribution in [2.45, 2.75) is 32.4 Å². The molecule has 0 heterocycles. The van der Waals surface area contributed by atoms with Gasteiger partial charge in [0.1, 0.15) is 12.6 Å². The Bertz CT molecular complexity index is 716. The first-order valence-corrected chi connectivity index (χ1v) is 9.54. The van der Waals surface area contributed by atoms with E-state index in [0.717, 1.165) is 17.5 Å². The van der Waals surface area contributed by atoms with Gasteiger partial charge >= 0.3 is 6.09 Å². The molecule has 0 fully saturated rings. The van der Waals surface area contributed by atoms with Gasteiger partial charge in [0.05, 0.1) is 6.61 Å². The molecule has 0 bridgehead atoms. The summed E-state index contributed by atoms with van der Waals surface area (Å²) in [7, 11) is 0. The van der Waals surface area contributed by atoms with Gasteiger partial charge < -0.3 is 20.1 Å². The van der Waals surface area contributed by atoms with Crippen LogP contribution in [0.5, 0.6) is 0 Å². The van der Waals surface area contributed by atoms with E-state index in [4.69, 9.17) is 4.74 Å². The van der Waals surface area contributed by atoms with Crippen molar-refractivity contribution in [1.82, 2.24) is 10.2 Å². The lowest BCUT2D eigenvalue weighted by Crippen LogP contribution is -2.50. The van der Waals surface area contributed by atoms with E-state index in [1.165, 1.54) is 0 Å². The second kappa shape index (κ2) is 11.8. The van der Waals surface area contributed by atoms with Gasteiger partial charge in [-0.05, 0) is 17.5 Å². The molecule has 1 unspecified atom stereocenters. The third-order valence-electron chi connectivity index (χ3n) is 4.26. The van der Waals surface area contributed by atoms with Crippen LogP contribution in [0.15, 0.2) is 60.7 Å². The van der Waals surface area contributed by atoms with Crippen molar-refractivity contribution in [2.75, 3.05) is 19.7 Å². The normalized spacial score (nSPS) is 11.5. The summed E-state index contributed by atoms with van der Waals surface area (Å²) < 4.78 is 5.28. The van der Waals surface area contributed by atoms with Crippen molar-refractivity contribution in [3.05, 3.63) is 71.8 Å². The standard InChI is InChI=1S/C22H28N2O4/c1-2-13-24(14-15-25)21(26)20(16-18-9-5-3-6-10-18)23-22(27)28-17-19-11-7-4-8-12-19/h3-12,20,25H,2,13-17H2,1H3,(H,23,27). The molecule has 2 N–H and O–H groups in total. The van der Waals surface area contributed by atoms with E-state index in [0.29, 0.717) is 13.0 Å². The molecule has 2 rings (SSSR count). The number of amides is 2. The molecule has 0 aliphatic heterocycles. The van der Waals surface area contributed by atoms with Gasteiger partial charge in [0.2, 0.25) is 5.91 Å². The van der Waals surface area contributed by atoms with Crippen LogP contribution in [0.2, 0.25) is 0 Å². The molecule has 28 heavy (non-hydrogen) atoms. The Morgan fingerprint density at radius 2 is 1.61 bits per heavy atom. The lowest BCUT2D eigenvalue weighted by Gasteiger charge is -2.27. The lowest BCUT2D eigenvalue weighted by molar-refractivity contribution is -0.133. The average molecular weight is 384 g/mol. The van der Waals surface area contributed by atoms with Gasteiger partial charge in [-0.1, -0.05) is 67.6 Å². The van der Waals surface area contributed by atoms with Gasteiger partial charge in [-0.2, -0.15) is 0 Å². The van der Waals surface area contributed by atoms with E-state index in [1.807, 2.05) is 67.6 Å². The molecule has 6 heteroatoms. The summed E-state index contributed by atoms with van der Waals surface area (Å²) in [4.78, 5) is 26.9. The van der Waals surface area contributed by atoms with Crippen LogP contribution in [0.3, 0.4) is 0 Å². The van der Waals surface area contributed by atoms with E-state index in [1.54, 1.807) is 4.90 Å². The zero-order valence-corrected chi connectivity index (χ0v) is 16.2. The third-order valence-corrected chi connectivity index (χ3v) is 4.26. The maximum atomic E-state index is 13.0. The predicted molar refractivity (Wildman–Crippen MR) is 108 cm³/mol. The van der Waals surface area contributed by atoms with Crippen LogP contribution in [0.1, 0.15) is 24.5 Å². The molecule has 150 valence electrons. The molecule has 2 aromatic rings. The first-order chi connectivity index (χ1) is 13.6. The van der Waals surface area contributed by atoms with E-state index < -0.39 is 12.1 Å². The van der Waals surface area contributed by atoms with Crippen molar-refractivity contribution in [1.29, 1.82) is 0 Å². The Morgan fingerprint density at radius 1 is 1.00 bits per heavy atom. The Balaban J connectivity index is 2.05. The molecule has 0 spiro atoms. The fraction of sp³-hybridized carbons (Fsp3) is 0.364.